The summed E-state index contributed by atoms with van der Waals surface area (Å²) in [7, 11) is 4.09. The molecule has 2 saturated heterocycles. The lowest BCUT2D eigenvalue weighted by molar-refractivity contribution is -0.148. The fraction of sp³-hybridized carbons (Fsp3) is 0.929. The van der Waals surface area contributed by atoms with Gasteiger partial charge in [0.15, 0.2) is 0 Å². The van der Waals surface area contributed by atoms with E-state index in [1.807, 2.05) is 11.9 Å². The van der Waals surface area contributed by atoms with Crippen molar-refractivity contribution in [3.63, 3.8) is 0 Å². The molecule has 5 heteroatoms. The van der Waals surface area contributed by atoms with Crippen LogP contribution in [0.4, 0.5) is 0 Å². The molecule has 2 rings (SSSR count). The largest absolute Gasteiger partial charge is 0.381 e. The number of rotatable bonds is 3. The Morgan fingerprint density at radius 3 is 2.47 bits per heavy atom. The van der Waals surface area contributed by atoms with E-state index in [0.717, 1.165) is 38.8 Å². The van der Waals surface area contributed by atoms with Crippen molar-refractivity contribution in [2.75, 3.05) is 46.9 Å². The summed E-state index contributed by atoms with van der Waals surface area (Å²) >= 11 is 0. The highest BCUT2D eigenvalue weighted by molar-refractivity contribution is 5.83. The summed E-state index contributed by atoms with van der Waals surface area (Å²) in [5, 5.41) is 0. The molecule has 0 spiro atoms. The zero-order valence-corrected chi connectivity index (χ0v) is 12.2. The van der Waals surface area contributed by atoms with Crippen LogP contribution in [-0.4, -0.2) is 68.7 Å². The zero-order valence-electron chi connectivity index (χ0n) is 12.2. The van der Waals surface area contributed by atoms with E-state index in [2.05, 4.69) is 11.9 Å². The molecule has 0 atom stereocenters. The first-order valence-electron chi connectivity index (χ1n) is 7.33. The molecule has 0 aromatic heterocycles. The summed E-state index contributed by atoms with van der Waals surface area (Å²) in [5.74, 6) is 0.229. The first-order chi connectivity index (χ1) is 9.09. The quantitative estimate of drug-likeness (QED) is 0.800. The van der Waals surface area contributed by atoms with E-state index in [1.165, 1.54) is 0 Å². The highest BCUT2D eigenvalue weighted by Gasteiger charge is 2.42. The minimum absolute atomic E-state index is 0.229. The smallest absolute Gasteiger partial charge is 0.230 e. The van der Waals surface area contributed by atoms with Crippen molar-refractivity contribution >= 4 is 5.91 Å². The van der Waals surface area contributed by atoms with Crippen LogP contribution in [0.15, 0.2) is 0 Å². The average molecular weight is 269 g/mol. The van der Waals surface area contributed by atoms with Gasteiger partial charge < -0.3 is 20.3 Å². The Hall–Kier alpha value is -0.650. The summed E-state index contributed by atoms with van der Waals surface area (Å²) in [6, 6.07) is 0.370. The lowest BCUT2D eigenvalue weighted by Crippen LogP contribution is -2.54. The minimum atomic E-state index is -0.379. The number of piperidine rings is 1. The van der Waals surface area contributed by atoms with E-state index in [-0.39, 0.29) is 11.3 Å². The van der Waals surface area contributed by atoms with Crippen molar-refractivity contribution in [2.24, 2.45) is 11.1 Å². The van der Waals surface area contributed by atoms with Gasteiger partial charge in [-0.05, 0) is 45.8 Å². The molecule has 5 nitrogen and oxygen atoms in total. The fourth-order valence-corrected chi connectivity index (χ4v) is 3.19. The number of hydrogen-bond acceptors (Lipinski definition) is 4. The second kappa shape index (κ2) is 6.20. The highest BCUT2D eigenvalue weighted by Crippen LogP contribution is 2.32. The molecule has 0 saturated carbocycles. The third-order valence-corrected chi connectivity index (χ3v) is 4.85. The number of ether oxygens (including phenoxy) is 1. The van der Waals surface area contributed by atoms with Crippen molar-refractivity contribution in [3.05, 3.63) is 0 Å². The van der Waals surface area contributed by atoms with Crippen LogP contribution in [-0.2, 0) is 9.53 Å². The Bertz CT molecular complexity index is 308. The number of carbonyl (C=O) groups is 1. The van der Waals surface area contributed by atoms with Crippen LogP contribution in [0, 0.1) is 5.41 Å². The Kier molecular flexibility index (Phi) is 4.81. The van der Waals surface area contributed by atoms with Crippen LogP contribution < -0.4 is 5.73 Å². The van der Waals surface area contributed by atoms with Gasteiger partial charge in [-0.15, -0.1) is 0 Å². The van der Waals surface area contributed by atoms with Crippen LogP contribution in [0.5, 0.6) is 0 Å². The maximum absolute atomic E-state index is 12.8. The molecular formula is C14H27N3O2. The van der Waals surface area contributed by atoms with Gasteiger partial charge >= 0.3 is 0 Å². The molecule has 0 aromatic carbocycles. The third-order valence-electron chi connectivity index (χ3n) is 4.85. The van der Waals surface area contributed by atoms with Gasteiger partial charge in [0, 0.05) is 32.8 Å². The van der Waals surface area contributed by atoms with Gasteiger partial charge in [-0.3, -0.25) is 4.79 Å². The maximum atomic E-state index is 12.8. The van der Waals surface area contributed by atoms with Gasteiger partial charge in [0.05, 0.1) is 5.41 Å². The van der Waals surface area contributed by atoms with Gasteiger partial charge in [0.25, 0.3) is 0 Å². The molecule has 0 aromatic rings. The van der Waals surface area contributed by atoms with Crippen LogP contribution in [0.25, 0.3) is 0 Å². The van der Waals surface area contributed by atoms with E-state index >= 15 is 0 Å². The van der Waals surface area contributed by atoms with E-state index < -0.39 is 0 Å². The van der Waals surface area contributed by atoms with Crippen molar-refractivity contribution in [1.82, 2.24) is 9.80 Å². The van der Waals surface area contributed by atoms with Crippen molar-refractivity contribution in [1.29, 1.82) is 0 Å². The summed E-state index contributed by atoms with van der Waals surface area (Å²) in [4.78, 5) is 17.1. The van der Waals surface area contributed by atoms with E-state index in [4.69, 9.17) is 10.5 Å². The predicted molar refractivity (Wildman–Crippen MR) is 74.8 cm³/mol. The summed E-state index contributed by atoms with van der Waals surface area (Å²) in [6.07, 6.45) is 3.66. The molecule has 110 valence electrons. The summed E-state index contributed by atoms with van der Waals surface area (Å²) in [6.45, 7) is 3.89. The Morgan fingerprint density at radius 1 is 1.37 bits per heavy atom. The monoisotopic (exact) mass is 269 g/mol. The van der Waals surface area contributed by atoms with Crippen molar-refractivity contribution < 1.29 is 9.53 Å². The van der Waals surface area contributed by atoms with Crippen LogP contribution in [0.1, 0.15) is 25.7 Å². The summed E-state index contributed by atoms with van der Waals surface area (Å²) in [5.41, 5.74) is 5.54. The molecule has 0 unspecified atom stereocenters. The van der Waals surface area contributed by atoms with Crippen molar-refractivity contribution in [2.45, 2.75) is 31.7 Å². The zero-order chi connectivity index (χ0) is 13.9. The van der Waals surface area contributed by atoms with E-state index in [0.29, 0.717) is 25.8 Å². The molecule has 2 N–H and O–H groups in total. The molecule has 2 heterocycles. The van der Waals surface area contributed by atoms with Gasteiger partial charge in [0.1, 0.15) is 0 Å². The minimum Gasteiger partial charge on any atom is -0.381 e. The lowest BCUT2D eigenvalue weighted by atomic mass is 9.78. The number of nitrogens with zero attached hydrogens (tertiary/aromatic N) is 2. The number of hydrogen-bond donors (Lipinski definition) is 1. The molecular weight excluding hydrogens is 242 g/mol. The predicted octanol–water partition coefficient (Wildman–Crippen LogP) is 0.295. The van der Waals surface area contributed by atoms with E-state index in [9.17, 15) is 4.79 Å². The molecule has 2 aliphatic heterocycles. The van der Waals surface area contributed by atoms with Crippen LogP contribution in [0.2, 0.25) is 0 Å². The highest BCUT2D eigenvalue weighted by atomic mass is 16.5. The SMILES string of the molecule is CN1CCC(N(C)C(=O)C2(CN)CCOCC2)CC1. The Labute approximate surface area is 116 Å². The van der Waals surface area contributed by atoms with Gasteiger partial charge in [0.2, 0.25) is 5.91 Å². The average Bonchev–Trinajstić information content (AvgIpc) is 2.47. The second-order valence-electron chi connectivity index (χ2n) is 6.05. The topological polar surface area (TPSA) is 58.8 Å². The fourth-order valence-electron chi connectivity index (χ4n) is 3.19. The van der Waals surface area contributed by atoms with Gasteiger partial charge in [-0.1, -0.05) is 0 Å². The van der Waals surface area contributed by atoms with Crippen LogP contribution in [0.3, 0.4) is 0 Å². The number of likely N-dealkylation sites (tertiary alicyclic amines) is 1. The Balaban J connectivity index is 2.00. The first-order valence-corrected chi connectivity index (χ1v) is 7.33. The molecule has 0 aliphatic carbocycles. The van der Waals surface area contributed by atoms with E-state index in [1.54, 1.807) is 0 Å². The lowest BCUT2D eigenvalue weighted by Gasteiger charge is -2.42. The third kappa shape index (κ3) is 3.09. The van der Waals surface area contributed by atoms with Crippen LogP contribution >= 0.6 is 0 Å². The molecule has 2 aliphatic rings. The molecule has 0 bridgehead atoms. The second-order valence-corrected chi connectivity index (χ2v) is 6.05. The molecule has 0 radical (unpaired) electrons. The number of nitrogens with two attached hydrogens (primary N) is 1. The molecule has 2 fully saturated rings. The maximum Gasteiger partial charge on any atom is 0.230 e. The molecule has 1 amide bonds. The Morgan fingerprint density at radius 2 is 1.95 bits per heavy atom. The normalized spacial score (nSPS) is 25.2. The van der Waals surface area contributed by atoms with Gasteiger partial charge in [-0.2, -0.15) is 0 Å². The standard InChI is InChI=1S/C14H27N3O2/c1-16-7-3-12(4-8-16)17(2)13(18)14(11-15)5-9-19-10-6-14/h12H,3-11,15H2,1-2H3. The van der Waals surface area contributed by atoms with Crippen molar-refractivity contribution in [3.8, 4) is 0 Å². The molecule has 19 heavy (non-hydrogen) atoms. The number of amides is 1. The van der Waals surface area contributed by atoms with Gasteiger partial charge in [-0.25, -0.2) is 0 Å². The summed E-state index contributed by atoms with van der Waals surface area (Å²) < 4.78 is 5.38. The first kappa shape index (κ1) is 14.8. The number of carbonyl (C=O) groups excluding carboxylic acids is 1.